The molecule has 1 aliphatic heterocycles. The number of aryl methyl sites for hydroxylation is 1. The summed E-state index contributed by atoms with van der Waals surface area (Å²) in [6, 6.07) is 6.96. The predicted octanol–water partition coefficient (Wildman–Crippen LogP) is 2.02. The van der Waals surface area contributed by atoms with E-state index in [1.54, 1.807) is 6.92 Å². The van der Waals surface area contributed by atoms with E-state index >= 15 is 0 Å². The highest BCUT2D eigenvalue weighted by molar-refractivity contribution is 7.89. The van der Waals surface area contributed by atoms with E-state index in [0.29, 0.717) is 17.7 Å². The first kappa shape index (κ1) is 21.9. The summed E-state index contributed by atoms with van der Waals surface area (Å²) < 4.78 is 27.2. The lowest BCUT2D eigenvalue weighted by Crippen LogP contribution is -2.40. The number of carboxylic acids is 1. The molecular formula is C19H19N3O6S2. The van der Waals surface area contributed by atoms with E-state index in [-0.39, 0.29) is 39.7 Å². The lowest BCUT2D eigenvalue weighted by molar-refractivity contribution is 0.0698. The number of nitriles is 1. The van der Waals surface area contributed by atoms with Gasteiger partial charge < -0.3 is 15.5 Å². The fourth-order valence-electron chi connectivity index (χ4n) is 3.14. The van der Waals surface area contributed by atoms with E-state index in [9.17, 15) is 28.2 Å². The second-order valence-electron chi connectivity index (χ2n) is 6.80. The van der Waals surface area contributed by atoms with Crippen molar-refractivity contribution in [2.75, 3.05) is 18.4 Å². The van der Waals surface area contributed by atoms with Crippen molar-refractivity contribution in [2.45, 2.75) is 30.8 Å². The molecule has 1 amide bonds. The second kappa shape index (κ2) is 8.53. The van der Waals surface area contributed by atoms with Gasteiger partial charge in [-0.3, -0.25) is 4.79 Å². The minimum Gasteiger partial charge on any atom is -0.478 e. The van der Waals surface area contributed by atoms with Gasteiger partial charge in [0, 0.05) is 18.0 Å². The zero-order valence-electron chi connectivity index (χ0n) is 16.0. The van der Waals surface area contributed by atoms with Gasteiger partial charge in [0.2, 0.25) is 10.0 Å². The zero-order valence-corrected chi connectivity index (χ0v) is 17.6. The van der Waals surface area contributed by atoms with E-state index in [2.05, 4.69) is 5.32 Å². The van der Waals surface area contributed by atoms with Gasteiger partial charge in [0.25, 0.3) is 5.91 Å². The Kier molecular flexibility index (Phi) is 6.23. The summed E-state index contributed by atoms with van der Waals surface area (Å²) in [5.74, 6) is -1.95. The standard InChI is InChI=1S/C19H19N3O6S2/c1-11-17(30(27,28)22-6-4-13(23)5-7-22)9-16(29-11)18(24)21-15-3-2-12(10-20)8-14(15)19(25)26/h2-3,8-9,13,23H,4-7H2,1H3,(H,21,24)(H,25,26). The van der Waals surface area contributed by atoms with E-state index in [1.807, 2.05) is 6.07 Å². The molecule has 0 aliphatic carbocycles. The number of aliphatic hydroxyl groups is 1. The summed E-state index contributed by atoms with van der Waals surface area (Å²) in [7, 11) is -3.81. The van der Waals surface area contributed by atoms with Crippen molar-refractivity contribution in [2.24, 2.45) is 0 Å². The van der Waals surface area contributed by atoms with Crippen LogP contribution in [0.15, 0.2) is 29.2 Å². The van der Waals surface area contributed by atoms with Crippen LogP contribution in [0.3, 0.4) is 0 Å². The Bertz CT molecular complexity index is 1140. The lowest BCUT2D eigenvalue weighted by Gasteiger charge is -2.28. The molecule has 1 aliphatic rings. The number of hydrogen-bond acceptors (Lipinski definition) is 7. The number of benzene rings is 1. The highest BCUT2D eigenvalue weighted by Gasteiger charge is 2.31. The Morgan fingerprint density at radius 3 is 2.53 bits per heavy atom. The minimum atomic E-state index is -3.81. The number of hydrogen-bond donors (Lipinski definition) is 3. The van der Waals surface area contributed by atoms with Crippen LogP contribution in [-0.4, -0.2) is 54.0 Å². The van der Waals surface area contributed by atoms with E-state index in [1.165, 1.54) is 22.5 Å². The molecule has 1 fully saturated rings. The van der Waals surface area contributed by atoms with Crippen molar-refractivity contribution in [3.63, 3.8) is 0 Å². The third-order valence-electron chi connectivity index (χ3n) is 4.76. The first-order valence-corrected chi connectivity index (χ1v) is 11.3. The van der Waals surface area contributed by atoms with Crippen molar-refractivity contribution in [1.82, 2.24) is 4.31 Å². The Balaban J connectivity index is 1.86. The molecule has 0 radical (unpaired) electrons. The molecule has 0 spiro atoms. The quantitative estimate of drug-likeness (QED) is 0.632. The van der Waals surface area contributed by atoms with Gasteiger partial charge in [0.1, 0.15) is 0 Å². The van der Waals surface area contributed by atoms with Crippen LogP contribution in [0.2, 0.25) is 0 Å². The summed E-state index contributed by atoms with van der Waals surface area (Å²) >= 11 is 0.988. The summed E-state index contributed by atoms with van der Waals surface area (Å²) in [4.78, 5) is 24.7. The van der Waals surface area contributed by atoms with Gasteiger partial charge in [-0.05, 0) is 44.0 Å². The molecule has 158 valence electrons. The Morgan fingerprint density at radius 2 is 1.93 bits per heavy atom. The van der Waals surface area contributed by atoms with Gasteiger partial charge in [-0.25, -0.2) is 13.2 Å². The number of carboxylic acid groups (broad SMARTS) is 1. The van der Waals surface area contributed by atoms with Gasteiger partial charge in [0.15, 0.2) is 0 Å². The summed E-state index contributed by atoms with van der Waals surface area (Å²) in [5.41, 5.74) is -0.0974. The smallest absolute Gasteiger partial charge is 0.337 e. The van der Waals surface area contributed by atoms with Crippen molar-refractivity contribution >= 4 is 38.9 Å². The molecule has 1 saturated heterocycles. The fourth-order valence-corrected chi connectivity index (χ4v) is 6.06. The number of piperidine rings is 1. The molecule has 11 heteroatoms. The molecule has 1 aromatic heterocycles. The van der Waals surface area contributed by atoms with Crippen molar-refractivity contribution in [3.8, 4) is 6.07 Å². The summed E-state index contributed by atoms with van der Waals surface area (Å²) in [6.45, 7) is 2.00. The normalized spacial score (nSPS) is 15.5. The molecule has 0 unspecified atom stereocenters. The van der Waals surface area contributed by atoms with Crippen molar-refractivity contribution in [1.29, 1.82) is 5.26 Å². The third-order valence-corrected chi connectivity index (χ3v) is 7.97. The van der Waals surface area contributed by atoms with Gasteiger partial charge >= 0.3 is 5.97 Å². The Labute approximate surface area is 177 Å². The number of rotatable bonds is 5. The summed E-state index contributed by atoms with van der Waals surface area (Å²) in [5, 5.41) is 30.3. The first-order chi connectivity index (χ1) is 14.1. The molecule has 0 atom stereocenters. The molecule has 1 aromatic carbocycles. The number of sulfonamides is 1. The zero-order chi connectivity index (χ0) is 22.1. The molecule has 0 saturated carbocycles. The number of aliphatic hydroxyl groups excluding tert-OH is 1. The number of amides is 1. The number of thiophene rings is 1. The largest absolute Gasteiger partial charge is 0.478 e. The molecule has 9 nitrogen and oxygen atoms in total. The maximum Gasteiger partial charge on any atom is 0.337 e. The number of carbonyl (C=O) groups is 2. The van der Waals surface area contributed by atoms with Gasteiger partial charge in [-0.15, -0.1) is 11.3 Å². The molecule has 2 heterocycles. The lowest BCUT2D eigenvalue weighted by atomic mass is 10.1. The highest BCUT2D eigenvalue weighted by Crippen LogP contribution is 2.30. The summed E-state index contributed by atoms with van der Waals surface area (Å²) in [6.07, 6.45) is 0.191. The van der Waals surface area contributed by atoms with E-state index in [0.717, 1.165) is 17.4 Å². The average molecular weight is 450 g/mol. The molecular weight excluding hydrogens is 430 g/mol. The third kappa shape index (κ3) is 4.36. The fraction of sp³-hybridized carbons (Fsp3) is 0.316. The molecule has 2 aromatic rings. The second-order valence-corrected chi connectivity index (χ2v) is 9.96. The van der Waals surface area contributed by atoms with E-state index < -0.39 is 28.0 Å². The van der Waals surface area contributed by atoms with Crippen LogP contribution in [0.1, 0.15) is 43.3 Å². The predicted molar refractivity (Wildman–Crippen MR) is 109 cm³/mol. The maximum atomic E-state index is 12.9. The molecule has 3 rings (SSSR count). The van der Waals surface area contributed by atoms with Crippen LogP contribution in [0, 0.1) is 18.3 Å². The molecule has 3 N–H and O–H groups in total. The van der Waals surface area contributed by atoms with E-state index in [4.69, 9.17) is 5.26 Å². The first-order valence-electron chi connectivity index (χ1n) is 9.01. The highest BCUT2D eigenvalue weighted by atomic mass is 32.2. The van der Waals surface area contributed by atoms with Crippen molar-refractivity contribution in [3.05, 3.63) is 45.1 Å². The van der Waals surface area contributed by atoms with Crippen LogP contribution in [0.5, 0.6) is 0 Å². The Hall–Kier alpha value is -2.78. The number of aromatic carboxylic acids is 1. The van der Waals surface area contributed by atoms with Gasteiger partial charge in [-0.1, -0.05) is 0 Å². The van der Waals surface area contributed by atoms with Crippen LogP contribution < -0.4 is 5.32 Å². The maximum absolute atomic E-state index is 12.9. The monoisotopic (exact) mass is 449 g/mol. The number of nitrogens with one attached hydrogen (secondary N) is 1. The number of anilines is 1. The topological polar surface area (TPSA) is 148 Å². The number of nitrogens with zero attached hydrogens (tertiary/aromatic N) is 2. The average Bonchev–Trinajstić information content (AvgIpc) is 3.11. The molecule has 30 heavy (non-hydrogen) atoms. The van der Waals surface area contributed by atoms with Crippen LogP contribution >= 0.6 is 11.3 Å². The van der Waals surface area contributed by atoms with Crippen molar-refractivity contribution < 1.29 is 28.2 Å². The molecule has 0 bridgehead atoms. The minimum absolute atomic E-state index is 0.00646. The van der Waals surface area contributed by atoms with Crippen LogP contribution in [0.4, 0.5) is 5.69 Å². The van der Waals surface area contributed by atoms with Gasteiger partial charge in [-0.2, -0.15) is 9.57 Å². The number of carbonyl (C=O) groups excluding carboxylic acids is 1. The van der Waals surface area contributed by atoms with Crippen LogP contribution in [0.25, 0.3) is 0 Å². The Morgan fingerprint density at radius 1 is 1.27 bits per heavy atom. The SMILES string of the molecule is Cc1sc(C(=O)Nc2ccc(C#N)cc2C(=O)O)cc1S(=O)(=O)N1CCC(O)CC1. The van der Waals surface area contributed by atoms with Gasteiger partial charge in [0.05, 0.1) is 38.8 Å². The van der Waals surface area contributed by atoms with Crippen LogP contribution in [-0.2, 0) is 10.0 Å².